The van der Waals surface area contributed by atoms with Crippen LogP contribution in [0, 0.1) is 22.7 Å². The Labute approximate surface area is 124 Å². The Hall–Kier alpha value is -1.00. The zero-order valence-electron chi connectivity index (χ0n) is 13.8. The molecular weight excluding hydrogens is 248 g/mol. The van der Waals surface area contributed by atoms with Crippen LogP contribution < -0.4 is 0 Å². The molecule has 0 aromatic heterocycles. The van der Waals surface area contributed by atoms with E-state index in [9.17, 15) is 0 Å². The Balaban J connectivity index is 2.75. The van der Waals surface area contributed by atoms with Gasteiger partial charge in [-0.1, -0.05) is 20.8 Å². The highest BCUT2D eigenvalue weighted by Gasteiger charge is 2.38. The first-order valence-electron chi connectivity index (χ1n) is 7.28. The molecule has 0 amide bonds. The van der Waals surface area contributed by atoms with Crippen molar-refractivity contribution in [2.45, 2.75) is 60.2 Å². The summed E-state index contributed by atoms with van der Waals surface area (Å²) in [6.45, 7) is 13.7. The van der Waals surface area contributed by atoms with Gasteiger partial charge in [-0.15, -0.1) is 17.6 Å². The smallest absolute Gasteiger partial charge is 0.162 e. The molecule has 1 aliphatic rings. The van der Waals surface area contributed by atoms with Crippen molar-refractivity contribution in [3.8, 4) is 11.8 Å². The molecule has 0 aromatic rings. The van der Waals surface area contributed by atoms with Gasteiger partial charge in [0.15, 0.2) is 5.79 Å². The predicted octanol–water partition coefficient (Wildman–Crippen LogP) is 4.32. The minimum absolute atomic E-state index is 0.0444. The van der Waals surface area contributed by atoms with Crippen molar-refractivity contribution in [3.05, 3.63) is 17.9 Å². The Kier molecular flexibility index (Phi) is 5.66. The summed E-state index contributed by atoms with van der Waals surface area (Å²) in [5.41, 5.74) is 3.40. The topological polar surface area (TPSA) is 18.5 Å². The van der Waals surface area contributed by atoms with Crippen LogP contribution >= 0.6 is 0 Å². The van der Waals surface area contributed by atoms with E-state index in [-0.39, 0.29) is 10.8 Å². The fourth-order valence-electron chi connectivity index (χ4n) is 1.89. The second-order valence-corrected chi connectivity index (χ2v) is 7.17. The summed E-state index contributed by atoms with van der Waals surface area (Å²) in [4.78, 5) is 0. The maximum atomic E-state index is 5.83. The van der Waals surface area contributed by atoms with Crippen LogP contribution in [0.2, 0.25) is 0 Å². The zero-order chi connectivity index (χ0) is 15.3. The van der Waals surface area contributed by atoms with Crippen molar-refractivity contribution in [2.75, 3.05) is 13.2 Å². The van der Waals surface area contributed by atoms with E-state index in [0.29, 0.717) is 13.2 Å². The molecule has 0 spiro atoms. The summed E-state index contributed by atoms with van der Waals surface area (Å²) in [7, 11) is 0. The normalized spacial score (nSPS) is 20.3. The molecule has 112 valence electrons. The Bertz CT molecular complexity index is 424. The Morgan fingerprint density at radius 1 is 1.15 bits per heavy atom. The lowest BCUT2D eigenvalue weighted by atomic mass is 9.82. The summed E-state index contributed by atoms with van der Waals surface area (Å²) in [6, 6.07) is 0. The van der Waals surface area contributed by atoms with Gasteiger partial charge in [0, 0.05) is 11.8 Å². The van der Waals surface area contributed by atoms with Crippen LogP contribution in [-0.4, -0.2) is 19.0 Å². The van der Waals surface area contributed by atoms with Crippen LogP contribution in [0.1, 0.15) is 54.4 Å². The van der Waals surface area contributed by atoms with Gasteiger partial charge in [-0.2, -0.15) is 0 Å². The molecule has 0 radical (unpaired) electrons. The average Bonchev–Trinajstić information content (AvgIpc) is 2.34. The van der Waals surface area contributed by atoms with Crippen LogP contribution in [0.4, 0.5) is 0 Å². The molecule has 0 aromatic carbocycles. The van der Waals surface area contributed by atoms with E-state index in [0.717, 1.165) is 12.8 Å². The molecule has 0 saturated carbocycles. The molecule has 0 atom stereocenters. The molecule has 2 heteroatoms. The lowest BCUT2D eigenvalue weighted by Gasteiger charge is -2.42. The van der Waals surface area contributed by atoms with E-state index in [1.807, 2.05) is 20.8 Å². The summed E-state index contributed by atoms with van der Waals surface area (Å²) in [5, 5.41) is 0. The second-order valence-electron chi connectivity index (χ2n) is 7.17. The van der Waals surface area contributed by atoms with Crippen molar-refractivity contribution in [2.24, 2.45) is 10.8 Å². The lowest BCUT2D eigenvalue weighted by molar-refractivity contribution is -0.284. The van der Waals surface area contributed by atoms with E-state index >= 15 is 0 Å². The summed E-state index contributed by atoms with van der Waals surface area (Å²) in [6.07, 6.45) is 5.87. The molecule has 20 heavy (non-hydrogen) atoms. The van der Waals surface area contributed by atoms with Crippen molar-refractivity contribution >= 4 is 0 Å². The van der Waals surface area contributed by atoms with Gasteiger partial charge in [0.1, 0.15) is 0 Å². The first kappa shape index (κ1) is 17.1. The van der Waals surface area contributed by atoms with Gasteiger partial charge in [0.05, 0.1) is 13.2 Å². The van der Waals surface area contributed by atoms with Crippen LogP contribution in [-0.2, 0) is 9.47 Å². The van der Waals surface area contributed by atoms with Gasteiger partial charge < -0.3 is 9.47 Å². The van der Waals surface area contributed by atoms with E-state index in [4.69, 9.17) is 9.47 Å². The molecule has 1 heterocycles. The molecular formula is C18H28O2. The summed E-state index contributed by atoms with van der Waals surface area (Å²) in [5.74, 6) is 5.67. The molecule has 1 fully saturated rings. The van der Waals surface area contributed by atoms with E-state index in [2.05, 4.69) is 50.5 Å². The standard InChI is InChI=1S/C18H28O2/c1-7-8-12-18(13-10-9-11-16(2,3)4)14-19-17(5,6)20-15-18/h10-11H,12-15H2,1-6H3. The van der Waals surface area contributed by atoms with Gasteiger partial charge >= 0.3 is 0 Å². The third-order valence-corrected chi connectivity index (χ3v) is 3.26. The lowest BCUT2D eigenvalue weighted by Crippen LogP contribution is -2.46. The molecule has 0 aliphatic carbocycles. The van der Waals surface area contributed by atoms with Gasteiger partial charge in [-0.3, -0.25) is 0 Å². The number of hydrogen-bond acceptors (Lipinski definition) is 2. The second kappa shape index (κ2) is 6.64. The van der Waals surface area contributed by atoms with Crippen LogP contribution in [0.15, 0.2) is 17.9 Å². The van der Waals surface area contributed by atoms with Crippen LogP contribution in [0.5, 0.6) is 0 Å². The number of allylic oxidation sites excluding steroid dienone is 1. The van der Waals surface area contributed by atoms with E-state index < -0.39 is 5.79 Å². The average molecular weight is 276 g/mol. The van der Waals surface area contributed by atoms with Crippen molar-refractivity contribution in [3.63, 3.8) is 0 Å². The fraction of sp³-hybridized carbons (Fsp3) is 0.722. The number of rotatable bonds is 3. The molecule has 0 bridgehead atoms. The number of hydrogen-bond donors (Lipinski definition) is 0. The van der Waals surface area contributed by atoms with Gasteiger partial charge in [-0.05, 0) is 44.8 Å². The SMILES string of the molecule is CC#CCC1(CC=C=CC(C)(C)C)COC(C)(C)OC1. The van der Waals surface area contributed by atoms with Crippen LogP contribution in [0.3, 0.4) is 0 Å². The minimum Gasteiger partial charge on any atom is -0.350 e. The molecule has 0 unspecified atom stereocenters. The van der Waals surface area contributed by atoms with E-state index in [1.54, 1.807) is 0 Å². The highest BCUT2D eigenvalue weighted by molar-refractivity contribution is 5.05. The Morgan fingerprint density at radius 3 is 2.25 bits per heavy atom. The molecule has 0 N–H and O–H groups in total. The quantitative estimate of drug-likeness (QED) is 0.564. The van der Waals surface area contributed by atoms with Crippen molar-refractivity contribution in [1.82, 2.24) is 0 Å². The third-order valence-electron chi connectivity index (χ3n) is 3.26. The fourth-order valence-corrected chi connectivity index (χ4v) is 1.89. The number of ether oxygens (including phenoxy) is 2. The van der Waals surface area contributed by atoms with Crippen LogP contribution in [0.25, 0.3) is 0 Å². The van der Waals surface area contributed by atoms with E-state index in [1.165, 1.54) is 0 Å². The van der Waals surface area contributed by atoms with Gasteiger partial charge in [-0.25, -0.2) is 0 Å². The highest BCUT2D eigenvalue weighted by atomic mass is 16.7. The predicted molar refractivity (Wildman–Crippen MR) is 83.2 cm³/mol. The molecule has 2 nitrogen and oxygen atoms in total. The maximum Gasteiger partial charge on any atom is 0.162 e. The first-order valence-corrected chi connectivity index (χ1v) is 7.28. The zero-order valence-corrected chi connectivity index (χ0v) is 13.8. The van der Waals surface area contributed by atoms with Gasteiger partial charge in [0.2, 0.25) is 0 Å². The first-order chi connectivity index (χ1) is 9.18. The highest BCUT2D eigenvalue weighted by Crippen LogP contribution is 2.35. The molecule has 1 aliphatic heterocycles. The Morgan fingerprint density at radius 2 is 1.75 bits per heavy atom. The van der Waals surface area contributed by atoms with Crippen molar-refractivity contribution < 1.29 is 9.47 Å². The maximum absolute atomic E-state index is 5.83. The third kappa shape index (κ3) is 5.97. The monoisotopic (exact) mass is 276 g/mol. The summed E-state index contributed by atoms with van der Waals surface area (Å²) < 4.78 is 11.7. The molecule has 1 saturated heterocycles. The van der Waals surface area contributed by atoms with Gasteiger partial charge in [0.25, 0.3) is 0 Å². The van der Waals surface area contributed by atoms with Crippen molar-refractivity contribution in [1.29, 1.82) is 0 Å². The summed E-state index contributed by atoms with van der Waals surface area (Å²) >= 11 is 0. The largest absolute Gasteiger partial charge is 0.350 e. The minimum atomic E-state index is -0.478. The molecule has 1 rings (SSSR count).